The van der Waals surface area contributed by atoms with Gasteiger partial charge in [-0.05, 0) is 53.1 Å². The van der Waals surface area contributed by atoms with Crippen molar-refractivity contribution in [2.45, 2.75) is 0 Å². The van der Waals surface area contributed by atoms with Gasteiger partial charge in [-0.3, -0.25) is 0 Å². The molecule has 0 atom stereocenters. The van der Waals surface area contributed by atoms with E-state index in [0.29, 0.717) is 0 Å². The highest BCUT2D eigenvalue weighted by Crippen LogP contribution is 2.46. The summed E-state index contributed by atoms with van der Waals surface area (Å²) in [5, 5.41) is 8.63. The van der Waals surface area contributed by atoms with Crippen molar-refractivity contribution in [3.05, 3.63) is 158 Å². The van der Waals surface area contributed by atoms with Crippen LogP contribution in [0, 0.1) is 0 Å². The van der Waals surface area contributed by atoms with Crippen molar-refractivity contribution in [3.63, 3.8) is 0 Å². The zero-order valence-corrected chi connectivity index (χ0v) is 25.0. The lowest BCUT2D eigenvalue weighted by Gasteiger charge is -2.26. The van der Waals surface area contributed by atoms with Crippen LogP contribution in [0.4, 0.5) is 0 Å². The van der Waals surface area contributed by atoms with Gasteiger partial charge in [-0.15, -0.1) is 11.3 Å². The van der Waals surface area contributed by atoms with E-state index in [4.69, 9.17) is 6.30 Å². The highest BCUT2D eigenvalue weighted by molar-refractivity contribution is 7.93. The normalized spacial score (nSPS) is 12.1. The lowest BCUT2D eigenvalue weighted by Crippen LogP contribution is -2.25. The molecule has 1 aromatic heterocycles. The van der Waals surface area contributed by atoms with Gasteiger partial charge < -0.3 is 4.57 Å². The fourth-order valence-corrected chi connectivity index (χ4v) is 12.4. The van der Waals surface area contributed by atoms with Crippen LogP contribution in [0.2, 0.25) is 0 Å². The SMILES string of the molecule is C=P(c1ccccc1)(c1ccccc1)c1ccc2sc3ccc(P(=O)(c4ccccc4)c4ccccc4)cc3c2c1. The van der Waals surface area contributed by atoms with Gasteiger partial charge in [-0.1, -0.05) is 134 Å². The Morgan fingerprint density at radius 2 is 0.780 bits per heavy atom. The number of benzene rings is 6. The second-order valence-electron chi connectivity index (χ2n) is 10.2. The predicted octanol–water partition coefficient (Wildman–Crippen LogP) is 7.42. The zero-order valence-electron chi connectivity index (χ0n) is 22.4. The van der Waals surface area contributed by atoms with Crippen molar-refractivity contribution in [1.82, 2.24) is 0 Å². The summed E-state index contributed by atoms with van der Waals surface area (Å²) >= 11 is 1.79. The molecule has 0 aliphatic rings. The molecule has 0 radical (unpaired) electrons. The Morgan fingerprint density at radius 3 is 1.22 bits per heavy atom. The van der Waals surface area contributed by atoms with E-state index in [2.05, 4.69) is 97.1 Å². The van der Waals surface area contributed by atoms with Gasteiger partial charge in [0.05, 0.1) is 0 Å². The van der Waals surface area contributed by atoms with Crippen LogP contribution in [-0.4, -0.2) is 6.30 Å². The molecule has 0 N–H and O–H groups in total. The standard InChI is InChI=1S/C37H28OP2S/c1-39(28-14-6-2-7-15-28,29-16-8-3-9-17-29)32-22-24-36-34(26-32)35-27-33(23-25-37(35)41-36)40(38,30-18-10-4-11-19-30)31-20-12-5-13-21-31/h2-27H,1H2. The molecule has 7 rings (SSSR count). The largest absolute Gasteiger partial charge is 0.309 e. The summed E-state index contributed by atoms with van der Waals surface area (Å²) in [5.74, 6) is 0. The van der Waals surface area contributed by atoms with E-state index >= 15 is 4.57 Å². The number of fused-ring (bicyclic) bond motifs is 3. The first-order chi connectivity index (χ1) is 20.1. The highest BCUT2D eigenvalue weighted by Gasteiger charge is 2.30. The number of hydrogen-bond donors (Lipinski definition) is 0. The van der Waals surface area contributed by atoms with E-state index in [1.807, 2.05) is 60.7 Å². The maximum absolute atomic E-state index is 15.1. The molecule has 41 heavy (non-hydrogen) atoms. The maximum Gasteiger partial charge on any atom is 0.171 e. The topological polar surface area (TPSA) is 17.1 Å². The van der Waals surface area contributed by atoms with Gasteiger partial charge in [-0.2, -0.15) is 0 Å². The fourth-order valence-electron chi connectivity index (χ4n) is 5.72. The second-order valence-corrected chi connectivity index (χ2v) is 17.2. The van der Waals surface area contributed by atoms with E-state index in [-0.39, 0.29) is 0 Å². The molecular weight excluding hydrogens is 554 g/mol. The first-order valence-corrected chi connectivity index (χ1v) is 18.1. The van der Waals surface area contributed by atoms with Gasteiger partial charge in [0.1, 0.15) is 0 Å². The average molecular weight is 583 g/mol. The molecule has 0 saturated carbocycles. The first-order valence-electron chi connectivity index (χ1n) is 13.6. The van der Waals surface area contributed by atoms with Crippen molar-refractivity contribution < 1.29 is 4.57 Å². The van der Waals surface area contributed by atoms with E-state index in [9.17, 15) is 0 Å². The van der Waals surface area contributed by atoms with Crippen LogP contribution >= 0.6 is 25.4 Å². The monoisotopic (exact) mass is 582 g/mol. The van der Waals surface area contributed by atoms with Crippen LogP contribution in [0.15, 0.2) is 158 Å². The van der Waals surface area contributed by atoms with Gasteiger partial charge in [-0.25, -0.2) is 0 Å². The Bertz CT molecular complexity index is 1850. The molecule has 6 aromatic carbocycles. The molecule has 0 fully saturated rings. The molecule has 0 aliphatic heterocycles. The van der Waals surface area contributed by atoms with Crippen molar-refractivity contribution in [2.75, 3.05) is 0 Å². The molecular formula is C37H28OP2S. The number of rotatable bonds is 6. The Balaban J connectivity index is 1.47. The minimum Gasteiger partial charge on any atom is -0.309 e. The molecule has 0 aliphatic carbocycles. The Morgan fingerprint density at radius 1 is 0.415 bits per heavy atom. The summed E-state index contributed by atoms with van der Waals surface area (Å²) in [6.07, 6.45) is 4.96. The molecule has 1 nitrogen and oxygen atoms in total. The highest BCUT2D eigenvalue weighted by atomic mass is 32.1. The Hall–Kier alpha value is -3.93. The third-order valence-corrected chi connectivity index (χ3v) is 15.6. The third-order valence-electron chi connectivity index (χ3n) is 7.87. The number of hydrogen-bond acceptors (Lipinski definition) is 2. The summed E-state index contributed by atoms with van der Waals surface area (Å²) < 4.78 is 17.5. The summed E-state index contributed by atoms with van der Waals surface area (Å²) in [6, 6.07) is 54.4. The minimum atomic E-state index is -3.08. The molecule has 1 heterocycles. The molecule has 0 spiro atoms. The first kappa shape index (κ1) is 26.0. The van der Waals surface area contributed by atoms with E-state index < -0.39 is 14.0 Å². The van der Waals surface area contributed by atoms with Gasteiger partial charge in [0.25, 0.3) is 0 Å². The zero-order chi connectivity index (χ0) is 27.9. The van der Waals surface area contributed by atoms with Crippen LogP contribution in [0.3, 0.4) is 0 Å². The summed E-state index contributed by atoms with van der Waals surface area (Å²) in [7, 11) is -3.08. The van der Waals surface area contributed by atoms with Gasteiger partial charge in [0.15, 0.2) is 7.14 Å². The van der Waals surface area contributed by atoms with Crippen LogP contribution in [-0.2, 0) is 4.57 Å². The molecule has 7 aromatic rings. The lowest BCUT2D eigenvalue weighted by molar-refractivity contribution is 0.592. The van der Waals surface area contributed by atoms with E-state index in [1.165, 1.54) is 30.7 Å². The van der Waals surface area contributed by atoms with E-state index in [0.717, 1.165) is 21.3 Å². The summed E-state index contributed by atoms with van der Waals surface area (Å²) in [5.41, 5.74) is 0. The van der Waals surface area contributed by atoms with Crippen LogP contribution < -0.4 is 31.8 Å². The maximum atomic E-state index is 15.1. The van der Waals surface area contributed by atoms with Crippen molar-refractivity contribution in [2.24, 2.45) is 0 Å². The molecule has 198 valence electrons. The Labute approximate surface area is 245 Å². The van der Waals surface area contributed by atoms with Crippen LogP contribution in [0.1, 0.15) is 0 Å². The molecule has 0 bridgehead atoms. The van der Waals surface area contributed by atoms with Gasteiger partial charge in [0, 0.05) is 36.1 Å². The van der Waals surface area contributed by atoms with Crippen molar-refractivity contribution in [3.8, 4) is 0 Å². The third kappa shape index (κ3) is 4.35. The average Bonchev–Trinajstić information content (AvgIpc) is 3.43. The summed E-state index contributed by atoms with van der Waals surface area (Å²) in [4.78, 5) is 0. The number of thiophene rings is 1. The summed E-state index contributed by atoms with van der Waals surface area (Å²) in [6.45, 7) is -2.12. The second kappa shape index (κ2) is 10.5. The van der Waals surface area contributed by atoms with Gasteiger partial charge >= 0.3 is 0 Å². The molecule has 4 heteroatoms. The van der Waals surface area contributed by atoms with Crippen molar-refractivity contribution in [1.29, 1.82) is 0 Å². The fraction of sp³-hybridized carbons (Fsp3) is 0. The quantitative estimate of drug-likeness (QED) is 0.187. The lowest BCUT2D eigenvalue weighted by atomic mass is 10.1. The molecule has 0 unspecified atom stereocenters. The molecule has 0 amide bonds. The molecule has 0 saturated heterocycles. The van der Waals surface area contributed by atoms with Crippen LogP contribution in [0.5, 0.6) is 0 Å². The predicted molar refractivity (Wildman–Crippen MR) is 185 cm³/mol. The van der Waals surface area contributed by atoms with E-state index in [1.54, 1.807) is 11.3 Å². The Kier molecular flexibility index (Phi) is 6.64. The van der Waals surface area contributed by atoms with Crippen molar-refractivity contribution >= 4 is 83.7 Å². The van der Waals surface area contributed by atoms with Gasteiger partial charge in [0.2, 0.25) is 0 Å². The van der Waals surface area contributed by atoms with Crippen LogP contribution in [0.25, 0.3) is 20.2 Å². The minimum absolute atomic E-state index is 0.849. The smallest absolute Gasteiger partial charge is 0.171 e.